The first-order valence-corrected chi connectivity index (χ1v) is 5.86. The number of aromatic hydroxyl groups is 1. The van der Waals surface area contributed by atoms with Gasteiger partial charge in [0.15, 0.2) is 0 Å². The van der Waals surface area contributed by atoms with Gasteiger partial charge in [0.25, 0.3) is 0 Å². The number of phenols is 1. The molecule has 2 bridgehead atoms. The van der Waals surface area contributed by atoms with E-state index in [1.54, 1.807) is 0 Å². The molecule has 1 N–H and O–H groups in total. The van der Waals surface area contributed by atoms with Crippen molar-refractivity contribution in [1.82, 2.24) is 4.90 Å². The third-order valence-electron chi connectivity index (χ3n) is 3.99. The summed E-state index contributed by atoms with van der Waals surface area (Å²) < 4.78 is 0. The summed E-state index contributed by atoms with van der Waals surface area (Å²) in [6.45, 7) is 4.58. The molecular weight excluding hydrogens is 186 g/mol. The molecule has 0 saturated carbocycles. The fourth-order valence-corrected chi connectivity index (χ4v) is 3.22. The van der Waals surface area contributed by atoms with E-state index in [-0.39, 0.29) is 0 Å². The van der Waals surface area contributed by atoms with Gasteiger partial charge in [-0.3, -0.25) is 4.90 Å². The number of nitrogens with zero attached hydrogens (tertiary/aromatic N) is 1. The van der Waals surface area contributed by atoms with E-state index in [0.717, 1.165) is 6.54 Å². The van der Waals surface area contributed by atoms with E-state index in [0.29, 0.717) is 17.7 Å². The fraction of sp³-hybridized carbons (Fsp3) is 0.538. The Morgan fingerprint density at radius 2 is 2.27 bits per heavy atom. The highest BCUT2D eigenvalue weighted by Gasteiger charge is 2.37. The van der Waals surface area contributed by atoms with E-state index in [1.807, 2.05) is 12.1 Å². The average molecular weight is 203 g/mol. The Labute approximate surface area is 90.5 Å². The maximum absolute atomic E-state index is 9.53. The number of phenolic OH excluding ortho intramolecular Hbond substituents is 1. The molecule has 0 spiro atoms. The van der Waals surface area contributed by atoms with Gasteiger partial charge in [0, 0.05) is 6.04 Å². The number of rotatable bonds is 1. The van der Waals surface area contributed by atoms with E-state index in [4.69, 9.17) is 0 Å². The molecule has 2 heteroatoms. The second-order valence-corrected chi connectivity index (χ2v) is 4.68. The lowest BCUT2D eigenvalue weighted by Gasteiger charge is -2.32. The number of hydrogen-bond donors (Lipinski definition) is 1. The zero-order chi connectivity index (χ0) is 10.4. The van der Waals surface area contributed by atoms with Gasteiger partial charge in [-0.1, -0.05) is 13.0 Å². The zero-order valence-electron chi connectivity index (χ0n) is 9.11. The van der Waals surface area contributed by atoms with E-state index < -0.39 is 0 Å². The van der Waals surface area contributed by atoms with Crippen molar-refractivity contribution in [1.29, 1.82) is 0 Å². The first-order chi connectivity index (χ1) is 7.29. The van der Waals surface area contributed by atoms with Crippen LogP contribution in [-0.4, -0.2) is 23.1 Å². The monoisotopic (exact) mass is 203 g/mol. The molecule has 0 radical (unpaired) electrons. The van der Waals surface area contributed by atoms with Crippen LogP contribution in [0.2, 0.25) is 0 Å². The Bertz CT molecular complexity index is 388. The molecule has 2 atom stereocenters. The molecule has 1 saturated heterocycles. The second-order valence-electron chi connectivity index (χ2n) is 4.68. The normalized spacial score (nSPS) is 29.1. The highest BCUT2D eigenvalue weighted by atomic mass is 16.3. The summed E-state index contributed by atoms with van der Waals surface area (Å²) in [5.41, 5.74) is 2.85. The summed E-state index contributed by atoms with van der Waals surface area (Å²) in [6.07, 6.45) is 2.51. The van der Waals surface area contributed by atoms with E-state index >= 15 is 0 Å². The standard InChI is InChI=1S/C13H17NO/c1-2-14-6-5-9-7-13(14)11-4-3-10(15)8-12(9)11/h3-4,8-9,13,15H,2,5-7H2,1H3. The van der Waals surface area contributed by atoms with Crippen LogP contribution in [0.1, 0.15) is 42.9 Å². The van der Waals surface area contributed by atoms with Crippen LogP contribution in [0.3, 0.4) is 0 Å². The molecule has 80 valence electrons. The molecule has 1 aliphatic heterocycles. The lowest BCUT2D eigenvalue weighted by Crippen LogP contribution is -2.31. The summed E-state index contributed by atoms with van der Waals surface area (Å²) in [7, 11) is 0. The number of fused-ring (bicyclic) bond motifs is 5. The molecule has 0 amide bonds. The Hall–Kier alpha value is -1.02. The van der Waals surface area contributed by atoms with Gasteiger partial charge in [-0.05, 0) is 55.1 Å². The van der Waals surface area contributed by atoms with Crippen molar-refractivity contribution in [2.75, 3.05) is 13.1 Å². The predicted molar refractivity (Wildman–Crippen MR) is 60.1 cm³/mol. The summed E-state index contributed by atoms with van der Waals surface area (Å²) in [5.74, 6) is 1.12. The molecule has 0 aromatic heterocycles. The SMILES string of the molecule is CCN1CCC2CC1c1ccc(O)cc12. The molecule has 3 rings (SSSR count). The van der Waals surface area contributed by atoms with Crippen molar-refractivity contribution < 1.29 is 5.11 Å². The molecule has 1 aromatic carbocycles. The predicted octanol–water partition coefficient (Wildman–Crippen LogP) is 2.65. The van der Waals surface area contributed by atoms with Crippen LogP contribution < -0.4 is 0 Å². The van der Waals surface area contributed by atoms with Crippen molar-refractivity contribution in [3.63, 3.8) is 0 Å². The summed E-state index contributed by atoms with van der Waals surface area (Å²) in [5, 5.41) is 9.53. The van der Waals surface area contributed by atoms with Crippen molar-refractivity contribution >= 4 is 0 Å². The van der Waals surface area contributed by atoms with E-state index in [1.165, 1.54) is 30.5 Å². The third kappa shape index (κ3) is 1.28. The fourth-order valence-electron chi connectivity index (χ4n) is 3.22. The lowest BCUT2D eigenvalue weighted by molar-refractivity contribution is 0.161. The third-order valence-corrected chi connectivity index (χ3v) is 3.99. The zero-order valence-corrected chi connectivity index (χ0v) is 9.11. The van der Waals surface area contributed by atoms with E-state index in [9.17, 15) is 5.11 Å². The number of piperidine rings is 1. The van der Waals surface area contributed by atoms with Crippen LogP contribution in [0.5, 0.6) is 5.75 Å². The topological polar surface area (TPSA) is 23.5 Å². The van der Waals surface area contributed by atoms with Crippen LogP contribution in [0.25, 0.3) is 0 Å². The van der Waals surface area contributed by atoms with Gasteiger partial charge < -0.3 is 5.11 Å². The minimum Gasteiger partial charge on any atom is -0.508 e. The minimum atomic E-state index is 0.421. The smallest absolute Gasteiger partial charge is 0.115 e. The van der Waals surface area contributed by atoms with Crippen molar-refractivity contribution in [2.24, 2.45) is 0 Å². The molecule has 2 aliphatic rings. The summed E-state index contributed by atoms with van der Waals surface area (Å²) in [6, 6.07) is 6.53. The molecule has 1 aromatic rings. The van der Waals surface area contributed by atoms with Crippen LogP contribution >= 0.6 is 0 Å². The van der Waals surface area contributed by atoms with Crippen molar-refractivity contribution in [3.05, 3.63) is 29.3 Å². The highest BCUT2D eigenvalue weighted by molar-refractivity contribution is 5.43. The van der Waals surface area contributed by atoms with Crippen molar-refractivity contribution in [2.45, 2.75) is 31.7 Å². The number of benzene rings is 1. The summed E-state index contributed by atoms with van der Waals surface area (Å²) >= 11 is 0. The van der Waals surface area contributed by atoms with E-state index in [2.05, 4.69) is 17.9 Å². The van der Waals surface area contributed by atoms with Crippen molar-refractivity contribution in [3.8, 4) is 5.75 Å². The largest absolute Gasteiger partial charge is 0.508 e. The highest BCUT2D eigenvalue weighted by Crippen LogP contribution is 2.49. The molecule has 2 nitrogen and oxygen atoms in total. The molecule has 2 unspecified atom stereocenters. The van der Waals surface area contributed by atoms with Gasteiger partial charge in [0.2, 0.25) is 0 Å². The molecule has 1 aliphatic carbocycles. The first kappa shape index (κ1) is 9.22. The van der Waals surface area contributed by atoms with Crippen LogP contribution in [-0.2, 0) is 0 Å². The average Bonchev–Trinajstić information content (AvgIpc) is 2.54. The van der Waals surface area contributed by atoms with Gasteiger partial charge >= 0.3 is 0 Å². The lowest BCUT2D eigenvalue weighted by atomic mass is 9.95. The molecule has 1 fully saturated rings. The van der Waals surface area contributed by atoms with Crippen LogP contribution in [0.4, 0.5) is 0 Å². The second kappa shape index (κ2) is 3.24. The van der Waals surface area contributed by atoms with Crippen LogP contribution in [0.15, 0.2) is 18.2 Å². The molecular formula is C13H17NO. The maximum Gasteiger partial charge on any atom is 0.115 e. The van der Waals surface area contributed by atoms with Gasteiger partial charge in [-0.25, -0.2) is 0 Å². The van der Waals surface area contributed by atoms with Crippen LogP contribution in [0, 0.1) is 0 Å². The quantitative estimate of drug-likeness (QED) is 0.758. The number of hydrogen-bond acceptors (Lipinski definition) is 2. The van der Waals surface area contributed by atoms with Gasteiger partial charge in [-0.15, -0.1) is 0 Å². The molecule has 15 heavy (non-hydrogen) atoms. The Morgan fingerprint density at radius 3 is 3.07 bits per heavy atom. The Kier molecular flexibility index (Phi) is 1.99. The minimum absolute atomic E-state index is 0.421. The first-order valence-electron chi connectivity index (χ1n) is 5.86. The number of likely N-dealkylation sites (tertiary alicyclic amines) is 1. The molecule has 1 heterocycles. The Balaban J connectivity index is 2.06. The van der Waals surface area contributed by atoms with Gasteiger partial charge in [-0.2, -0.15) is 0 Å². The van der Waals surface area contributed by atoms with Gasteiger partial charge in [0.1, 0.15) is 5.75 Å². The Morgan fingerprint density at radius 1 is 1.40 bits per heavy atom. The van der Waals surface area contributed by atoms with Gasteiger partial charge in [0.05, 0.1) is 0 Å². The maximum atomic E-state index is 9.53. The summed E-state index contributed by atoms with van der Waals surface area (Å²) in [4.78, 5) is 2.55.